The van der Waals surface area contributed by atoms with E-state index >= 15 is 0 Å². The Morgan fingerprint density at radius 1 is 1.17 bits per heavy atom. The van der Waals surface area contributed by atoms with Crippen molar-refractivity contribution in [1.29, 1.82) is 0 Å². The zero-order valence-corrected chi connectivity index (χ0v) is 11.8. The topological polar surface area (TPSA) is 15.3 Å². The molecule has 1 saturated carbocycles. The Labute approximate surface area is 111 Å². The maximum absolute atomic E-state index is 3.58. The molecule has 0 radical (unpaired) electrons. The number of aryl methyl sites for hydroxylation is 1. The predicted molar refractivity (Wildman–Crippen MR) is 77.8 cm³/mol. The summed E-state index contributed by atoms with van der Waals surface area (Å²) < 4.78 is 0. The molecule has 2 heteroatoms. The molecule has 1 aromatic rings. The van der Waals surface area contributed by atoms with Gasteiger partial charge < -0.3 is 5.32 Å². The molecule has 2 rings (SSSR count). The van der Waals surface area contributed by atoms with E-state index in [0.717, 1.165) is 25.6 Å². The van der Waals surface area contributed by atoms with Gasteiger partial charge in [-0.25, -0.2) is 0 Å². The lowest BCUT2D eigenvalue weighted by Crippen LogP contribution is -2.33. The Kier molecular flexibility index (Phi) is 5.21. The minimum absolute atomic E-state index is 0.889. The van der Waals surface area contributed by atoms with Crippen LogP contribution in [0.4, 0.5) is 0 Å². The third kappa shape index (κ3) is 3.82. The van der Waals surface area contributed by atoms with Crippen molar-refractivity contribution in [1.82, 2.24) is 10.2 Å². The van der Waals surface area contributed by atoms with Crippen molar-refractivity contribution in [2.75, 3.05) is 19.6 Å². The van der Waals surface area contributed by atoms with E-state index in [9.17, 15) is 0 Å². The number of rotatable bonds is 8. The van der Waals surface area contributed by atoms with Crippen LogP contribution in [0.2, 0.25) is 0 Å². The van der Waals surface area contributed by atoms with Gasteiger partial charge in [0.05, 0.1) is 0 Å². The standard InChI is InChI=1S/C16H26N2/c1-3-14-7-5-6-8-15(14)13-17-11-12-18(4-2)16-9-10-16/h5-8,16-17H,3-4,9-13H2,1-2H3. The molecule has 1 fully saturated rings. The number of hydrogen-bond acceptors (Lipinski definition) is 2. The highest BCUT2D eigenvalue weighted by Gasteiger charge is 2.26. The highest BCUT2D eigenvalue weighted by molar-refractivity contribution is 5.26. The number of hydrogen-bond donors (Lipinski definition) is 1. The van der Waals surface area contributed by atoms with E-state index in [1.54, 1.807) is 0 Å². The molecule has 0 bridgehead atoms. The lowest BCUT2D eigenvalue weighted by Gasteiger charge is -2.20. The van der Waals surface area contributed by atoms with Crippen LogP contribution in [0.3, 0.4) is 0 Å². The molecule has 1 N–H and O–H groups in total. The van der Waals surface area contributed by atoms with Crippen molar-refractivity contribution in [2.45, 2.75) is 45.7 Å². The zero-order chi connectivity index (χ0) is 12.8. The van der Waals surface area contributed by atoms with Gasteiger partial charge in [0.2, 0.25) is 0 Å². The zero-order valence-electron chi connectivity index (χ0n) is 11.8. The number of nitrogens with zero attached hydrogens (tertiary/aromatic N) is 1. The van der Waals surface area contributed by atoms with Crippen molar-refractivity contribution in [2.24, 2.45) is 0 Å². The Morgan fingerprint density at radius 2 is 1.89 bits per heavy atom. The molecular formula is C16H26N2. The SMILES string of the molecule is CCc1ccccc1CNCCN(CC)C1CC1. The molecule has 0 atom stereocenters. The molecule has 0 unspecified atom stereocenters. The summed E-state index contributed by atoms with van der Waals surface area (Å²) in [5.74, 6) is 0. The van der Waals surface area contributed by atoms with E-state index < -0.39 is 0 Å². The summed E-state index contributed by atoms with van der Waals surface area (Å²) in [6, 6.07) is 9.64. The maximum Gasteiger partial charge on any atom is 0.0208 e. The third-order valence-corrected chi connectivity index (χ3v) is 3.86. The molecule has 0 aliphatic heterocycles. The first-order chi connectivity index (χ1) is 8.85. The summed E-state index contributed by atoms with van der Waals surface area (Å²) in [6.45, 7) is 8.98. The van der Waals surface area contributed by atoms with Crippen molar-refractivity contribution < 1.29 is 0 Å². The quantitative estimate of drug-likeness (QED) is 0.710. The Bertz CT molecular complexity index is 358. The summed E-state index contributed by atoms with van der Waals surface area (Å²) in [7, 11) is 0. The number of benzene rings is 1. The molecule has 2 nitrogen and oxygen atoms in total. The monoisotopic (exact) mass is 246 g/mol. The van der Waals surface area contributed by atoms with Crippen molar-refractivity contribution >= 4 is 0 Å². The first kappa shape index (κ1) is 13.6. The molecule has 0 heterocycles. The van der Waals surface area contributed by atoms with Crippen molar-refractivity contribution in [3.63, 3.8) is 0 Å². The van der Waals surface area contributed by atoms with Gasteiger partial charge in [0.15, 0.2) is 0 Å². The Hall–Kier alpha value is -0.860. The predicted octanol–water partition coefficient (Wildman–Crippen LogP) is 2.82. The summed E-state index contributed by atoms with van der Waals surface area (Å²) in [4.78, 5) is 2.60. The van der Waals surface area contributed by atoms with Gasteiger partial charge in [0, 0.05) is 25.7 Å². The van der Waals surface area contributed by atoms with E-state index in [-0.39, 0.29) is 0 Å². The average Bonchev–Trinajstić information content (AvgIpc) is 3.24. The molecule has 18 heavy (non-hydrogen) atoms. The molecular weight excluding hydrogens is 220 g/mol. The minimum Gasteiger partial charge on any atom is -0.311 e. The average molecular weight is 246 g/mol. The van der Waals surface area contributed by atoms with Gasteiger partial charge in [0.1, 0.15) is 0 Å². The molecule has 0 aromatic heterocycles. The highest BCUT2D eigenvalue weighted by atomic mass is 15.2. The van der Waals surface area contributed by atoms with Gasteiger partial charge in [-0.05, 0) is 36.9 Å². The molecule has 0 amide bonds. The van der Waals surface area contributed by atoms with Gasteiger partial charge in [-0.3, -0.25) is 4.90 Å². The van der Waals surface area contributed by atoms with Crippen LogP contribution in [0.15, 0.2) is 24.3 Å². The van der Waals surface area contributed by atoms with Crippen LogP contribution in [-0.4, -0.2) is 30.6 Å². The van der Waals surface area contributed by atoms with Gasteiger partial charge in [0.25, 0.3) is 0 Å². The number of likely N-dealkylation sites (N-methyl/N-ethyl adjacent to an activating group) is 1. The maximum atomic E-state index is 3.58. The lowest BCUT2D eigenvalue weighted by molar-refractivity contribution is 0.277. The fourth-order valence-electron chi connectivity index (χ4n) is 2.56. The second kappa shape index (κ2) is 6.91. The van der Waals surface area contributed by atoms with Crippen molar-refractivity contribution in [3.05, 3.63) is 35.4 Å². The Morgan fingerprint density at radius 3 is 2.50 bits per heavy atom. The van der Waals surface area contributed by atoms with E-state index in [1.807, 2.05) is 0 Å². The fourth-order valence-corrected chi connectivity index (χ4v) is 2.56. The van der Waals surface area contributed by atoms with Gasteiger partial charge >= 0.3 is 0 Å². The van der Waals surface area contributed by atoms with Gasteiger partial charge in [-0.2, -0.15) is 0 Å². The molecule has 0 saturated heterocycles. The largest absolute Gasteiger partial charge is 0.311 e. The second-order valence-corrected chi connectivity index (χ2v) is 5.16. The summed E-state index contributed by atoms with van der Waals surface area (Å²) in [6.07, 6.45) is 3.94. The minimum atomic E-state index is 0.889. The highest BCUT2D eigenvalue weighted by Crippen LogP contribution is 2.25. The number of nitrogens with one attached hydrogen (secondary N) is 1. The smallest absolute Gasteiger partial charge is 0.0208 e. The van der Waals surface area contributed by atoms with Crippen molar-refractivity contribution in [3.8, 4) is 0 Å². The normalized spacial score (nSPS) is 15.3. The summed E-state index contributed by atoms with van der Waals surface area (Å²) >= 11 is 0. The first-order valence-electron chi connectivity index (χ1n) is 7.36. The molecule has 1 aliphatic rings. The summed E-state index contributed by atoms with van der Waals surface area (Å²) in [5.41, 5.74) is 2.93. The van der Waals surface area contributed by atoms with Crippen LogP contribution in [0.1, 0.15) is 37.8 Å². The third-order valence-electron chi connectivity index (χ3n) is 3.86. The Balaban J connectivity index is 1.71. The fraction of sp³-hybridized carbons (Fsp3) is 0.625. The molecule has 0 spiro atoms. The van der Waals surface area contributed by atoms with E-state index in [1.165, 1.54) is 37.1 Å². The van der Waals surface area contributed by atoms with E-state index in [0.29, 0.717) is 0 Å². The van der Waals surface area contributed by atoms with Crippen LogP contribution in [0.5, 0.6) is 0 Å². The second-order valence-electron chi connectivity index (χ2n) is 5.16. The molecule has 100 valence electrons. The molecule has 1 aliphatic carbocycles. The lowest BCUT2D eigenvalue weighted by atomic mass is 10.1. The van der Waals surface area contributed by atoms with Crippen LogP contribution in [0, 0.1) is 0 Å². The van der Waals surface area contributed by atoms with Gasteiger partial charge in [-0.1, -0.05) is 38.1 Å². The summed E-state index contributed by atoms with van der Waals surface area (Å²) in [5, 5.41) is 3.58. The molecule has 1 aromatic carbocycles. The van der Waals surface area contributed by atoms with Crippen LogP contribution in [0.25, 0.3) is 0 Å². The van der Waals surface area contributed by atoms with Crippen LogP contribution >= 0.6 is 0 Å². The van der Waals surface area contributed by atoms with E-state index in [4.69, 9.17) is 0 Å². The van der Waals surface area contributed by atoms with Gasteiger partial charge in [-0.15, -0.1) is 0 Å². The van der Waals surface area contributed by atoms with E-state index in [2.05, 4.69) is 48.3 Å². The van der Waals surface area contributed by atoms with Crippen LogP contribution in [-0.2, 0) is 13.0 Å². The first-order valence-corrected chi connectivity index (χ1v) is 7.36. The van der Waals surface area contributed by atoms with Crippen LogP contribution < -0.4 is 5.32 Å².